The van der Waals surface area contributed by atoms with E-state index < -0.39 is 40.3 Å². The minimum absolute atomic E-state index is 0.150. The Hall–Kier alpha value is -1.50. The topological polar surface area (TPSA) is 51.2 Å². The highest BCUT2D eigenvalue weighted by Gasteiger charge is 2.59. The molecule has 3 atom stereocenters. The van der Waals surface area contributed by atoms with Gasteiger partial charge in [0.05, 0.1) is 16.2 Å². The van der Waals surface area contributed by atoms with Gasteiger partial charge < -0.3 is 0 Å². The maximum Gasteiger partial charge on any atom is 0.450 e. The van der Waals surface area contributed by atoms with Crippen molar-refractivity contribution in [3.05, 3.63) is 35.4 Å². The number of carbonyl (C=O) groups is 3. The fourth-order valence-corrected chi connectivity index (χ4v) is 4.60. The second-order valence-corrected chi connectivity index (χ2v) is 6.94. The van der Waals surface area contributed by atoms with Crippen molar-refractivity contribution in [1.29, 1.82) is 0 Å². The molecule has 0 saturated heterocycles. The highest BCUT2D eigenvalue weighted by atomic mass is 79.9. The molecule has 2 aliphatic rings. The van der Waals surface area contributed by atoms with Crippen molar-refractivity contribution in [2.45, 2.75) is 30.3 Å². The van der Waals surface area contributed by atoms with Gasteiger partial charge in [-0.2, -0.15) is 13.2 Å². The molecule has 0 N–H and O–H groups in total. The van der Waals surface area contributed by atoms with Gasteiger partial charge >= 0.3 is 6.18 Å². The van der Waals surface area contributed by atoms with Crippen molar-refractivity contribution in [2.75, 3.05) is 0 Å². The molecule has 1 aromatic carbocycles. The number of hydrogen-bond donors (Lipinski definition) is 0. The van der Waals surface area contributed by atoms with Crippen LogP contribution in [-0.2, 0) is 9.59 Å². The van der Waals surface area contributed by atoms with Gasteiger partial charge in [0.1, 0.15) is 5.78 Å². The standard InChI is InChI=1S/C16H12BrF3O3/c17-12-8-3-1-2-4-9(8)13(22)15(12)6-5-11(21)10(7-15)14(23)16(18,19)20/h1-4,10,12H,5-7H2. The predicted molar refractivity (Wildman–Crippen MR) is 78.3 cm³/mol. The quantitative estimate of drug-likeness (QED) is 0.542. The van der Waals surface area contributed by atoms with E-state index >= 15 is 0 Å². The summed E-state index contributed by atoms with van der Waals surface area (Å²) in [6.07, 6.45) is -5.52. The Balaban J connectivity index is 2.00. The Morgan fingerprint density at radius 2 is 1.87 bits per heavy atom. The average Bonchev–Trinajstić information content (AvgIpc) is 2.71. The lowest BCUT2D eigenvalue weighted by Crippen LogP contribution is -2.45. The van der Waals surface area contributed by atoms with Crippen LogP contribution in [0.1, 0.15) is 40.0 Å². The third-order valence-corrected chi connectivity index (χ3v) is 6.16. The minimum atomic E-state index is -5.07. The molecular weight excluding hydrogens is 377 g/mol. The number of carbonyl (C=O) groups excluding carboxylic acids is 3. The van der Waals surface area contributed by atoms with Crippen LogP contribution in [0.25, 0.3) is 0 Å². The Bertz CT molecular complexity index is 713. The van der Waals surface area contributed by atoms with Crippen molar-refractivity contribution < 1.29 is 27.6 Å². The van der Waals surface area contributed by atoms with Crippen LogP contribution in [0.5, 0.6) is 0 Å². The van der Waals surface area contributed by atoms with Gasteiger partial charge in [0, 0.05) is 12.0 Å². The number of fused-ring (bicyclic) bond motifs is 1. The number of alkyl halides is 4. The van der Waals surface area contributed by atoms with Gasteiger partial charge in [-0.3, -0.25) is 14.4 Å². The highest BCUT2D eigenvalue weighted by Crippen LogP contribution is 2.58. The number of hydrogen-bond acceptors (Lipinski definition) is 3. The molecule has 3 unspecified atom stereocenters. The van der Waals surface area contributed by atoms with E-state index in [4.69, 9.17) is 0 Å². The first-order valence-corrected chi connectivity index (χ1v) is 8.01. The molecule has 1 fully saturated rings. The first-order valence-electron chi connectivity index (χ1n) is 7.10. The van der Waals surface area contributed by atoms with E-state index in [0.717, 1.165) is 0 Å². The number of halogens is 4. The summed E-state index contributed by atoms with van der Waals surface area (Å²) in [6, 6.07) is 6.78. The molecule has 1 aromatic rings. The third-order valence-electron chi connectivity index (χ3n) is 4.79. The lowest BCUT2D eigenvalue weighted by atomic mass is 9.65. The summed E-state index contributed by atoms with van der Waals surface area (Å²) >= 11 is 3.42. The number of rotatable bonds is 1. The first kappa shape index (κ1) is 16.4. The summed E-state index contributed by atoms with van der Waals surface area (Å²) in [4.78, 5) is 35.7. The second kappa shape index (κ2) is 5.26. The molecule has 0 amide bonds. The van der Waals surface area contributed by atoms with Crippen molar-refractivity contribution in [2.24, 2.45) is 11.3 Å². The molecule has 7 heteroatoms. The maximum absolute atomic E-state index is 12.8. The van der Waals surface area contributed by atoms with Gasteiger partial charge in [-0.1, -0.05) is 40.2 Å². The third kappa shape index (κ3) is 2.36. The van der Waals surface area contributed by atoms with Crippen LogP contribution < -0.4 is 0 Å². The SMILES string of the molecule is O=C1CCC2(CC1C(=O)C(F)(F)F)C(=O)c1ccccc1C2Br. The number of benzene rings is 1. The van der Waals surface area contributed by atoms with E-state index in [-0.39, 0.29) is 18.6 Å². The highest BCUT2D eigenvalue weighted by molar-refractivity contribution is 9.09. The van der Waals surface area contributed by atoms with Crippen LogP contribution in [0.4, 0.5) is 13.2 Å². The summed E-state index contributed by atoms with van der Waals surface area (Å²) in [5.74, 6) is -4.86. The monoisotopic (exact) mass is 388 g/mol. The van der Waals surface area contributed by atoms with Gasteiger partial charge in [-0.05, 0) is 18.4 Å². The molecule has 1 spiro atoms. The molecule has 0 aliphatic heterocycles. The van der Waals surface area contributed by atoms with Crippen LogP contribution in [0.2, 0.25) is 0 Å². The Kier molecular flexibility index (Phi) is 3.74. The molecule has 0 heterocycles. The minimum Gasteiger partial charge on any atom is -0.299 e. The smallest absolute Gasteiger partial charge is 0.299 e. The second-order valence-electron chi connectivity index (χ2n) is 6.02. The zero-order valence-electron chi connectivity index (χ0n) is 11.8. The van der Waals surface area contributed by atoms with E-state index in [1.165, 1.54) is 0 Å². The Morgan fingerprint density at radius 3 is 2.48 bits per heavy atom. The van der Waals surface area contributed by atoms with Crippen molar-refractivity contribution in [3.63, 3.8) is 0 Å². The predicted octanol–water partition coefficient (Wildman–Crippen LogP) is 3.81. The summed E-state index contributed by atoms with van der Waals surface area (Å²) in [6.45, 7) is 0. The molecule has 2 aliphatic carbocycles. The number of ketones is 3. The number of Topliss-reactive ketones (excluding diaryl/α,β-unsaturated/α-hetero) is 3. The van der Waals surface area contributed by atoms with Gasteiger partial charge in [-0.15, -0.1) is 0 Å². The summed E-state index contributed by atoms with van der Waals surface area (Å²) in [7, 11) is 0. The molecule has 122 valence electrons. The van der Waals surface area contributed by atoms with Crippen LogP contribution in [0.15, 0.2) is 24.3 Å². The lowest BCUT2D eigenvalue weighted by Gasteiger charge is -2.38. The van der Waals surface area contributed by atoms with Crippen molar-refractivity contribution >= 4 is 33.3 Å². The Morgan fingerprint density at radius 1 is 1.22 bits per heavy atom. The molecule has 0 bridgehead atoms. The van der Waals surface area contributed by atoms with Gasteiger partial charge in [0.2, 0.25) is 5.78 Å². The first-order chi connectivity index (χ1) is 10.7. The van der Waals surface area contributed by atoms with Crippen LogP contribution >= 0.6 is 15.9 Å². The Labute approximate surface area is 138 Å². The van der Waals surface area contributed by atoms with Gasteiger partial charge in [0.25, 0.3) is 0 Å². The van der Waals surface area contributed by atoms with E-state index in [9.17, 15) is 27.6 Å². The lowest BCUT2D eigenvalue weighted by molar-refractivity contribution is -0.178. The summed E-state index contributed by atoms with van der Waals surface area (Å²) in [5.41, 5.74) is -0.0182. The van der Waals surface area contributed by atoms with E-state index in [2.05, 4.69) is 15.9 Å². The average molecular weight is 389 g/mol. The van der Waals surface area contributed by atoms with Crippen LogP contribution in [0.3, 0.4) is 0 Å². The molecule has 3 rings (SSSR count). The maximum atomic E-state index is 12.8. The van der Waals surface area contributed by atoms with Crippen LogP contribution in [-0.4, -0.2) is 23.5 Å². The largest absolute Gasteiger partial charge is 0.450 e. The van der Waals surface area contributed by atoms with Crippen LogP contribution in [0, 0.1) is 11.3 Å². The molecule has 23 heavy (non-hydrogen) atoms. The zero-order chi connectivity index (χ0) is 17.0. The van der Waals surface area contributed by atoms with E-state index in [1.807, 2.05) is 0 Å². The van der Waals surface area contributed by atoms with E-state index in [1.54, 1.807) is 24.3 Å². The molecule has 1 saturated carbocycles. The fourth-order valence-electron chi connectivity index (χ4n) is 3.58. The van der Waals surface area contributed by atoms with Gasteiger partial charge in [0.15, 0.2) is 5.78 Å². The fraction of sp³-hybridized carbons (Fsp3) is 0.438. The zero-order valence-corrected chi connectivity index (χ0v) is 13.4. The molecule has 0 aromatic heterocycles. The van der Waals surface area contributed by atoms with Crippen molar-refractivity contribution in [1.82, 2.24) is 0 Å². The normalized spacial score (nSPS) is 30.6. The molecular formula is C16H12BrF3O3. The van der Waals surface area contributed by atoms with E-state index in [0.29, 0.717) is 11.1 Å². The molecule has 0 radical (unpaired) electrons. The molecule has 3 nitrogen and oxygen atoms in total. The van der Waals surface area contributed by atoms with Crippen molar-refractivity contribution in [3.8, 4) is 0 Å². The summed E-state index contributed by atoms with van der Waals surface area (Å²) < 4.78 is 38.2. The summed E-state index contributed by atoms with van der Waals surface area (Å²) in [5, 5.41) is 0. The van der Waals surface area contributed by atoms with Gasteiger partial charge in [-0.25, -0.2) is 0 Å².